The van der Waals surface area contributed by atoms with Crippen molar-refractivity contribution in [2.24, 2.45) is 0 Å². The van der Waals surface area contributed by atoms with Crippen LogP contribution in [0.1, 0.15) is 23.6 Å². The van der Waals surface area contributed by atoms with E-state index in [1.165, 1.54) is 31.2 Å². The lowest BCUT2D eigenvalue weighted by molar-refractivity contribution is -0.137. The Morgan fingerprint density at radius 1 is 1.14 bits per heavy atom. The molecule has 0 amide bonds. The lowest BCUT2D eigenvalue weighted by atomic mass is 9.98. The molecule has 10 heteroatoms. The monoisotopic (exact) mass is 449 g/mol. The van der Waals surface area contributed by atoms with Crippen LogP contribution in [0.5, 0.6) is 0 Å². The van der Waals surface area contributed by atoms with Crippen molar-refractivity contribution in [2.45, 2.75) is 13.1 Å². The van der Waals surface area contributed by atoms with Gasteiger partial charge in [-0.3, -0.25) is 0 Å². The zero-order valence-corrected chi connectivity index (χ0v) is 16.5. The Bertz CT molecular complexity index is 1070. The average Bonchev–Trinajstić information content (AvgIpc) is 2.62. The van der Waals surface area contributed by atoms with Crippen LogP contribution in [-0.4, -0.2) is 14.2 Å². The van der Waals surface area contributed by atoms with E-state index < -0.39 is 44.5 Å². The van der Waals surface area contributed by atoms with Crippen LogP contribution in [0, 0.1) is 11.3 Å². The van der Waals surface area contributed by atoms with Gasteiger partial charge in [-0.1, -0.05) is 47.5 Å². The van der Waals surface area contributed by atoms with Crippen LogP contribution in [-0.2, 0) is 20.5 Å². The minimum atomic E-state index is -4.81. The van der Waals surface area contributed by atoms with E-state index >= 15 is 0 Å². The highest BCUT2D eigenvalue weighted by molar-refractivity contribution is 7.86. The number of nitrogens with zero attached hydrogens (tertiary/aromatic N) is 1. The number of alkyl halides is 3. The zero-order chi connectivity index (χ0) is 21.1. The predicted molar refractivity (Wildman–Crippen MR) is 101 cm³/mol. The molecule has 0 aromatic heterocycles. The van der Waals surface area contributed by atoms with E-state index in [4.69, 9.17) is 27.4 Å². The van der Waals surface area contributed by atoms with Gasteiger partial charge in [0.2, 0.25) is 0 Å². The van der Waals surface area contributed by atoms with Gasteiger partial charge in [-0.15, -0.1) is 0 Å². The molecular formula is C18H12Cl2F3NO3S. The molecule has 148 valence electrons. The van der Waals surface area contributed by atoms with Crippen LogP contribution >= 0.6 is 23.2 Å². The van der Waals surface area contributed by atoms with Crippen LogP contribution in [0.3, 0.4) is 0 Å². The molecule has 0 saturated heterocycles. The Labute approximate surface area is 169 Å². The zero-order valence-electron chi connectivity index (χ0n) is 14.2. The van der Waals surface area contributed by atoms with Gasteiger partial charge < -0.3 is 4.18 Å². The molecule has 0 aliphatic rings. The van der Waals surface area contributed by atoms with Crippen molar-refractivity contribution in [3.8, 4) is 6.07 Å². The van der Waals surface area contributed by atoms with E-state index in [9.17, 15) is 26.9 Å². The molecule has 2 aromatic rings. The van der Waals surface area contributed by atoms with Crippen molar-refractivity contribution in [1.29, 1.82) is 5.26 Å². The fourth-order valence-corrected chi connectivity index (χ4v) is 3.31. The molecule has 0 N–H and O–H groups in total. The number of allylic oxidation sites excluding steroid dienone is 1. The number of halogens is 5. The third-order valence-corrected chi connectivity index (χ3v) is 5.26. The Balaban J connectivity index is 2.91. The fourth-order valence-electron chi connectivity index (χ4n) is 2.26. The summed E-state index contributed by atoms with van der Waals surface area (Å²) in [6.45, 7) is 1.25. The number of benzene rings is 2. The summed E-state index contributed by atoms with van der Waals surface area (Å²) < 4.78 is 69.4. The van der Waals surface area contributed by atoms with Crippen LogP contribution in [0.2, 0.25) is 10.0 Å². The maximum atomic E-state index is 13.5. The highest BCUT2D eigenvalue weighted by Crippen LogP contribution is 2.39. The summed E-state index contributed by atoms with van der Waals surface area (Å²) in [5, 5.41) is 9.79. The number of hydrogen-bond acceptors (Lipinski definition) is 4. The van der Waals surface area contributed by atoms with Crippen LogP contribution in [0.4, 0.5) is 13.2 Å². The summed E-state index contributed by atoms with van der Waals surface area (Å²) in [4.78, 5) is 0. The van der Waals surface area contributed by atoms with Crippen molar-refractivity contribution in [3.63, 3.8) is 0 Å². The first kappa shape index (κ1) is 22.1. The summed E-state index contributed by atoms with van der Waals surface area (Å²) in [7, 11) is -4.26. The summed E-state index contributed by atoms with van der Waals surface area (Å²) >= 11 is 11.9. The molecule has 0 aliphatic carbocycles. The molecule has 28 heavy (non-hydrogen) atoms. The third-order valence-electron chi connectivity index (χ3n) is 3.58. The number of rotatable bonds is 5. The first-order valence-electron chi connectivity index (χ1n) is 7.68. The molecule has 0 spiro atoms. The largest absolute Gasteiger partial charge is 0.417 e. The first-order valence-corrected chi connectivity index (χ1v) is 10.0. The molecule has 0 heterocycles. The van der Waals surface area contributed by atoms with Gasteiger partial charge in [-0.2, -0.15) is 26.9 Å². The molecule has 0 fully saturated rings. The Morgan fingerprint density at radius 2 is 1.79 bits per heavy atom. The second kappa shape index (κ2) is 8.43. The molecule has 4 nitrogen and oxygen atoms in total. The third kappa shape index (κ3) is 4.98. The minimum absolute atomic E-state index is 0.0214. The van der Waals surface area contributed by atoms with Crippen LogP contribution in [0.25, 0.3) is 11.3 Å². The van der Waals surface area contributed by atoms with Crippen molar-refractivity contribution in [3.05, 3.63) is 69.2 Å². The molecule has 0 radical (unpaired) electrons. The normalized spacial score (nSPS) is 12.9. The number of hydrogen-bond donors (Lipinski definition) is 0. The van der Waals surface area contributed by atoms with E-state index in [2.05, 4.69) is 0 Å². The van der Waals surface area contributed by atoms with Crippen LogP contribution < -0.4 is 0 Å². The summed E-state index contributed by atoms with van der Waals surface area (Å²) in [5.41, 5.74) is -2.26. The first-order chi connectivity index (χ1) is 13.0. The van der Waals surface area contributed by atoms with Gasteiger partial charge in [-0.05, 0) is 25.1 Å². The summed E-state index contributed by atoms with van der Waals surface area (Å²) in [5.74, 6) is -1.28. The Hall–Kier alpha value is -2.21. The van der Waals surface area contributed by atoms with Gasteiger partial charge in [-0.25, -0.2) is 0 Å². The van der Waals surface area contributed by atoms with E-state index in [1.807, 2.05) is 0 Å². The minimum Gasteiger partial charge on any atom is -0.380 e. The molecule has 0 aliphatic heterocycles. The van der Waals surface area contributed by atoms with E-state index in [1.54, 1.807) is 6.07 Å². The molecule has 0 atom stereocenters. The summed E-state index contributed by atoms with van der Waals surface area (Å²) in [6, 6.07) is 9.81. The van der Waals surface area contributed by atoms with Gasteiger partial charge in [0.25, 0.3) is 0 Å². The molecule has 0 bridgehead atoms. The second-order valence-electron chi connectivity index (χ2n) is 5.41. The van der Waals surface area contributed by atoms with Crippen molar-refractivity contribution in [2.75, 3.05) is 5.75 Å². The van der Waals surface area contributed by atoms with Gasteiger partial charge in [0.15, 0.2) is 5.76 Å². The lowest BCUT2D eigenvalue weighted by Crippen LogP contribution is -2.14. The average molecular weight is 450 g/mol. The van der Waals surface area contributed by atoms with Crippen LogP contribution in [0.15, 0.2) is 42.5 Å². The Kier molecular flexibility index (Phi) is 6.65. The summed E-state index contributed by atoms with van der Waals surface area (Å²) in [6.07, 6.45) is -4.81. The fraction of sp³-hybridized carbons (Fsp3) is 0.167. The van der Waals surface area contributed by atoms with Crippen molar-refractivity contribution < 1.29 is 25.8 Å². The highest BCUT2D eigenvalue weighted by atomic mass is 35.5. The molecule has 0 unspecified atom stereocenters. The number of nitriles is 1. The second-order valence-corrected chi connectivity index (χ2v) is 8.12. The maximum absolute atomic E-state index is 13.5. The van der Waals surface area contributed by atoms with Gasteiger partial charge in [0, 0.05) is 16.1 Å². The quantitative estimate of drug-likeness (QED) is 0.251. The highest BCUT2D eigenvalue weighted by Gasteiger charge is 2.36. The molecule has 2 aromatic carbocycles. The van der Waals surface area contributed by atoms with E-state index in [0.29, 0.717) is 0 Å². The molecular weight excluding hydrogens is 438 g/mol. The molecule has 0 saturated carbocycles. The lowest BCUT2D eigenvalue weighted by Gasteiger charge is -2.17. The predicted octanol–water partition coefficient (Wildman–Crippen LogP) is 5.77. The maximum Gasteiger partial charge on any atom is 0.417 e. The standard InChI is InChI=1S/C18H12Cl2F3NO3S/c1-2-28(25,26)27-17(13-5-3-4-6-15(13)18(21,22)23)14(10-24)12-8-7-11(19)9-16(12)20/h3-9H,2H2,1H3/b17-14-. The SMILES string of the molecule is CCS(=O)(=O)O/C(=C(/C#N)c1ccc(Cl)cc1Cl)c1ccccc1C(F)(F)F. The van der Waals surface area contributed by atoms with Gasteiger partial charge in [0.1, 0.15) is 11.6 Å². The Morgan fingerprint density at radius 3 is 2.32 bits per heavy atom. The van der Waals surface area contributed by atoms with E-state index in [-0.39, 0.29) is 15.6 Å². The van der Waals surface area contributed by atoms with Crippen molar-refractivity contribution >= 4 is 44.7 Å². The van der Waals surface area contributed by atoms with Gasteiger partial charge >= 0.3 is 16.3 Å². The molecule has 2 rings (SSSR count). The van der Waals surface area contributed by atoms with E-state index in [0.717, 1.165) is 18.2 Å². The topological polar surface area (TPSA) is 67.2 Å². The van der Waals surface area contributed by atoms with Gasteiger partial charge in [0.05, 0.1) is 16.3 Å². The van der Waals surface area contributed by atoms with Crippen molar-refractivity contribution in [1.82, 2.24) is 0 Å². The smallest absolute Gasteiger partial charge is 0.380 e.